The van der Waals surface area contributed by atoms with Crippen LogP contribution < -0.4 is 5.32 Å². The van der Waals surface area contributed by atoms with E-state index in [9.17, 15) is 14.9 Å². The van der Waals surface area contributed by atoms with Crippen molar-refractivity contribution in [3.8, 4) is 16.6 Å². The van der Waals surface area contributed by atoms with Gasteiger partial charge in [-0.3, -0.25) is 0 Å². The zero-order chi connectivity index (χ0) is 24.9. The third kappa shape index (κ3) is 6.11. The lowest BCUT2D eigenvalue weighted by atomic mass is 10.1. The number of ether oxygens (including phenoxy) is 3. The number of benzene rings is 1. The van der Waals surface area contributed by atoms with Crippen LogP contribution in [0.1, 0.15) is 48.1 Å². The second-order valence-corrected chi connectivity index (χ2v) is 10.1. The first-order valence-electron chi connectivity index (χ1n) is 11.0. The summed E-state index contributed by atoms with van der Waals surface area (Å²) in [6.07, 6.45) is 0.311. The summed E-state index contributed by atoms with van der Waals surface area (Å²) in [5, 5.41) is 13.5. The van der Waals surface area contributed by atoms with Gasteiger partial charge >= 0.3 is 12.1 Å². The van der Waals surface area contributed by atoms with Crippen LogP contribution in [0.15, 0.2) is 24.3 Å². The van der Waals surface area contributed by atoms with Crippen LogP contribution in [0, 0.1) is 11.3 Å². The molecule has 2 aromatic rings. The minimum atomic E-state index is -0.589. The molecule has 1 aromatic heterocycles. The van der Waals surface area contributed by atoms with Crippen LogP contribution in [0.25, 0.3) is 10.6 Å². The number of hydrogen-bond acceptors (Lipinski definition) is 9. The molecule has 1 aromatic carbocycles. The zero-order valence-electron chi connectivity index (χ0n) is 20.1. The SMILES string of the molecule is COC[C@@H]1C[C@@H](NCc2sc(-c3ccccc3C#N)nc2C(=O)OC)CN1C(=O)OC(C)(C)C. The third-order valence-corrected chi connectivity index (χ3v) is 6.40. The molecule has 0 saturated carbocycles. The molecule has 10 heteroatoms. The van der Waals surface area contributed by atoms with Gasteiger partial charge < -0.3 is 24.4 Å². The summed E-state index contributed by atoms with van der Waals surface area (Å²) in [5.41, 5.74) is 0.786. The van der Waals surface area contributed by atoms with Crippen molar-refractivity contribution in [3.63, 3.8) is 0 Å². The molecule has 0 spiro atoms. The Balaban J connectivity index is 1.77. The van der Waals surface area contributed by atoms with Crippen molar-refractivity contribution >= 4 is 23.4 Å². The van der Waals surface area contributed by atoms with E-state index in [2.05, 4.69) is 16.4 Å². The highest BCUT2D eigenvalue weighted by molar-refractivity contribution is 7.15. The predicted octanol–water partition coefficient (Wildman–Crippen LogP) is 3.58. The molecule has 0 bridgehead atoms. The van der Waals surface area contributed by atoms with E-state index in [0.29, 0.717) is 47.1 Å². The molecule has 1 N–H and O–H groups in total. The Kier molecular flexibility index (Phi) is 8.25. The third-order valence-electron chi connectivity index (χ3n) is 5.31. The lowest BCUT2D eigenvalue weighted by molar-refractivity contribution is 0.0146. The predicted molar refractivity (Wildman–Crippen MR) is 127 cm³/mol. The van der Waals surface area contributed by atoms with Crippen LogP contribution in [0.2, 0.25) is 0 Å². The first-order chi connectivity index (χ1) is 16.2. The monoisotopic (exact) mass is 486 g/mol. The number of amides is 1. The number of hydrogen-bond donors (Lipinski definition) is 1. The second kappa shape index (κ2) is 11.0. The maximum Gasteiger partial charge on any atom is 0.410 e. The molecule has 1 fully saturated rings. The van der Waals surface area contributed by atoms with Gasteiger partial charge in [0.1, 0.15) is 10.6 Å². The summed E-state index contributed by atoms with van der Waals surface area (Å²) in [6.45, 7) is 6.73. The molecule has 182 valence electrons. The molecule has 1 aliphatic rings. The Bertz CT molecular complexity index is 1070. The molecule has 0 aliphatic carbocycles. The lowest BCUT2D eigenvalue weighted by Crippen LogP contribution is -2.42. The average molecular weight is 487 g/mol. The van der Waals surface area contributed by atoms with Crippen molar-refractivity contribution in [2.45, 2.75) is 51.4 Å². The van der Waals surface area contributed by atoms with Crippen LogP contribution in [0.3, 0.4) is 0 Å². The van der Waals surface area contributed by atoms with Crippen molar-refractivity contribution in [1.82, 2.24) is 15.2 Å². The van der Waals surface area contributed by atoms with Crippen LogP contribution in [0.4, 0.5) is 4.79 Å². The normalized spacial score (nSPS) is 17.9. The Morgan fingerprint density at radius 2 is 2.03 bits per heavy atom. The van der Waals surface area contributed by atoms with Crippen molar-refractivity contribution in [1.29, 1.82) is 5.26 Å². The van der Waals surface area contributed by atoms with E-state index < -0.39 is 11.6 Å². The van der Waals surface area contributed by atoms with Crippen LogP contribution in [-0.4, -0.2) is 67.0 Å². The molecule has 2 heterocycles. The number of carbonyl (C=O) groups is 2. The van der Waals surface area contributed by atoms with Gasteiger partial charge in [0.2, 0.25) is 0 Å². The number of carbonyl (C=O) groups excluding carboxylic acids is 2. The van der Waals surface area contributed by atoms with Crippen LogP contribution >= 0.6 is 11.3 Å². The van der Waals surface area contributed by atoms with E-state index >= 15 is 0 Å². The fourth-order valence-corrected chi connectivity index (χ4v) is 4.85. The summed E-state index contributed by atoms with van der Waals surface area (Å²) in [6, 6.07) is 9.16. The molecule has 34 heavy (non-hydrogen) atoms. The molecule has 1 aliphatic heterocycles. The molecular formula is C24H30N4O5S. The number of thiazole rings is 1. The van der Waals surface area contributed by atoms with Crippen molar-refractivity contribution in [2.75, 3.05) is 27.4 Å². The molecular weight excluding hydrogens is 456 g/mol. The number of aromatic nitrogens is 1. The Morgan fingerprint density at radius 3 is 2.68 bits per heavy atom. The quantitative estimate of drug-likeness (QED) is 0.591. The molecule has 3 rings (SSSR count). The molecule has 0 unspecified atom stereocenters. The van der Waals surface area contributed by atoms with Gasteiger partial charge in [0.25, 0.3) is 0 Å². The van der Waals surface area contributed by atoms with E-state index in [1.807, 2.05) is 26.8 Å². The van der Waals surface area contributed by atoms with Gasteiger partial charge in [-0.25, -0.2) is 14.6 Å². The smallest absolute Gasteiger partial charge is 0.410 e. The van der Waals surface area contributed by atoms with E-state index in [1.165, 1.54) is 18.4 Å². The number of methoxy groups -OCH3 is 2. The van der Waals surface area contributed by atoms with Gasteiger partial charge in [-0.15, -0.1) is 11.3 Å². The van der Waals surface area contributed by atoms with Crippen LogP contribution in [0.5, 0.6) is 0 Å². The van der Waals surface area contributed by atoms with Gasteiger partial charge in [-0.1, -0.05) is 18.2 Å². The summed E-state index contributed by atoms with van der Waals surface area (Å²) in [5.74, 6) is -0.534. The Labute approximate surface area is 203 Å². The van der Waals surface area contributed by atoms with E-state index in [-0.39, 0.29) is 23.9 Å². The standard InChI is InChI=1S/C24H30N4O5S/c1-24(2,3)33-23(30)28-13-16(10-17(28)14-31-4)26-12-19-20(22(29)32-5)27-21(34-19)18-9-7-6-8-15(18)11-25/h6-9,16-17,26H,10,12-14H2,1-5H3/t16-,17+/m1/s1. The highest BCUT2D eigenvalue weighted by Crippen LogP contribution is 2.31. The van der Waals surface area contributed by atoms with Gasteiger partial charge in [0.15, 0.2) is 5.69 Å². The first kappa shape index (κ1) is 25.6. The van der Waals surface area contributed by atoms with Gasteiger partial charge in [-0.05, 0) is 33.3 Å². The first-order valence-corrected chi connectivity index (χ1v) is 11.8. The average Bonchev–Trinajstić information content (AvgIpc) is 3.40. The highest BCUT2D eigenvalue weighted by Gasteiger charge is 2.37. The largest absolute Gasteiger partial charge is 0.464 e. The lowest BCUT2D eigenvalue weighted by Gasteiger charge is -2.28. The maximum atomic E-state index is 12.7. The number of rotatable bonds is 7. The number of esters is 1. The summed E-state index contributed by atoms with van der Waals surface area (Å²) < 4.78 is 15.8. The second-order valence-electron chi connectivity index (χ2n) is 9.00. The Hall–Kier alpha value is -3.00. The molecule has 0 radical (unpaired) electrons. The highest BCUT2D eigenvalue weighted by atomic mass is 32.1. The van der Waals surface area contributed by atoms with E-state index in [4.69, 9.17) is 14.2 Å². The van der Waals surface area contributed by atoms with E-state index in [1.54, 1.807) is 30.2 Å². The fraction of sp³-hybridized carbons (Fsp3) is 0.500. The van der Waals surface area contributed by atoms with Gasteiger partial charge in [0.05, 0.1) is 36.3 Å². The molecule has 1 saturated heterocycles. The van der Waals surface area contributed by atoms with Gasteiger partial charge in [-0.2, -0.15) is 5.26 Å². The molecule has 2 atom stereocenters. The minimum absolute atomic E-state index is 0.0184. The van der Waals surface area contributed by atoms with Crippen LogP contribution in [-0.2, 0) is 20.8 Å². The Morgan fingerprint density at radius 1 is 1.29 bits per heavy atom. The zero-order valence-corrected chi connectivity index (χ0v) is 20.9. The number of nitrogens with zero attached hydrogens (tertiary/aromatic N) is 3. The number of nitriles is 1. The summed E-state index contributed by atoms with van der Waals surface area (Å²) in [4.78, 5) is 32.0. The minimum Gasteiger partial charge on any atom is -0.464 e. The number of nitrogens with one attached hydrogen (secondary N) is 1. The van der Waals surface area contributed by atoms with Crippen molar-refractivity contribution in [3.05, 3.63) is 40.4 Å². The maximum absolute atomic E-state index is 12.7. The fourth-order valence-electron chi connectivity index (χ4n) is 3.81. The topological polar surface area (TPSA) is 114 Å². The van der Waals surface area contributed by atoms with Crippen molar-refractivity contribution in [2.24, 2.45) is 0 Å². The molecule has 1 amide bonds. The summed E-state index contributed by atoms with van der Waals surface area (Å²) in [7, 11) is 2.92. The molecule has 9 nitrogen and oxygen atoms in total. The summed E-state index contributed by atoms with van der Waals surface area (Å²) >= 11 is 1.34. The van der Waals surface area contributed by atoms with Crippen molar-refractivity contribution < 1.29 is 23.8 Å². The van der Waals surface area contributed by atoms with Gasteiger partial charge in [0, 0.05) is 31.8 Å². The van der Waals surface area contributed by atoms with E-state index in [0.717, 1.165) is 0 Å². The number of likely N-dealkylation sites (tertiary alicyclic amines) is 1.